The number of aromatic nitrogens is 6. The number of alkyl halides is 3. The van der Waals surface area contributed by atoms with Crippen molar-refractivity contribution in [1.29, 1.82) is 0 Å². The number of carbonyl (C=O) groups is 1. The Bertz CT molecular complexity index is 1680. The molecule has 0 aliphatic rings. The second-order valence-corrected chi connectivity index (χ2v) is 7.46. The van der Waals surface area contributed by atoms with Gasteiger partial charge in [-0.25, -0.2) is 14.1 Å². The SMILES string of the molecule is O=C(Nc1ccc(Oc2nccn3c(C(F)(F)F)nnc23)c(F)c1)c1nn(-c2ccccc2)ccc1=O. The molecule has 0 spiro atoms. The van der Waals surface area contributed by atoms with Crippen LogP contribution < -0.4 is 15.5 Å². The lowest BCUT2D eigenvalue weighted by atomic mass is 10.2. The predicted molar refractivity (Wildman–Crippen MR) is 120 cm³/mol. The molecule has 3 heterocycles. The number of nitrogens with zero attached hydrogens (tertiary/aromatic N) is 6. The topological polar surface area (TPSA) is 116 Å². The quantitative estimate of drug-likeness (QED) is 0.356. The van der Waals surface area contributed by atoms with Crippen LogP contribution in [-0.2, 0) is 6.18 Å². The number of hydrogen-bond donors (Lipinski definition) is 1. The molecule has 0 radical (unpaired) electrons. The Kier molecular flexibility index (Phi) is 5.83. The molecule has 2 aromatic carbocycles. The van der Waals surface area contributed by atoms with Gasteiger partial charge in [-0.05, 0) is 24.3 Å². The molecule has 1 amide bonds. The summed E-state index contributed by atoms with van der Waals surface area (Å²) >= 11 is 0. The second-order valence-electron chi connectivity index (χ2n) is 7.46. The molecule has 0 fully saturated rings. The highest BCUT2D eigenvalue weighted by atomic mass is 19.4. The van der Waals surface area contributed by atoms with Crippen molar-refractivity contribution in [1.82, 2.24) is 29.4 Å². The average molecular weight is 511 g/mol. The number of carbonyl (C=O) groups excluding carboxylic acids is 1. The zero-order chi connectivity index (χ0) is 26.2. The van der Waals surface area contributed by atoms with E-state index in [4.69, 9.17) is 4.74 Å². The predicted octanol–water partition coefficient (Wildman–Crippen LogP) is 3.87. The number of amides is 1. The van der Waals surface area contributed by atoms with Crippen molar-refractivity contribution in [3.8, 4) is 17.3 Å². The fraction of sp³-hybridized carbons (Fsp3) is 0.0435. The molecule has 5 aromatic rings. The van der Waals surface area contributed by atoms with Gasteiger partial charge in [0.2, 0.25) is 16.9 Å². The number of halogens is 4. The Morgan fingerprint density at radius 3 is 2.51 bits per heavy atom. The molecule has 0 saturated heterocycles. The lowest BCUT2D eigenvalue weighted by Crippen LogP contribution is -2.25. The van der Waals surface area contributed by atoms with E-state index in [0.717, 1.165) is 24.5 Å². The van der Waals surface area contributed by atoms with Crippen molar-refractivity contribution >= 4 is 17.2 Å². The maximum Gasteiger partial charge on any atom is 0.452 e. The fourth-order valence-electron chi connectivity index (χ4n) is 3.31. The first-order valence-corrected chi connectivity index (χ1v) is 10.4. The van der Waals surface area contributed by atoms with E-state index in [1.807, 2.05) is 0 Å². The molecule has 5 rings (SSSR count). The van der Waals surface area contributed by atoms with E-state index in [-0.39, 0.29) is 11.3 Å². The van der Waals surface area contributed by atoms with Crippen molar-refractivity contribution < 1.29 is 27.1 Å². The van der Waals surface area contributed by atoms with Crippen LogP contribution in [-0.4, -0.2) is 35.3 Å². The van der Waals surface area contributed by atoms with Crippen LogP contribution in [0.2, 0.25) is 0 Å². The Hall–Kier alpha value is -5.14. The van der Waals surface area contributed by atoms with Crippen molar-refractivity contribution in [3.05, 3.63) is 101 Å². The summed E-state index contributed by atoms with van der Waals surface area (Å²) in [6.45, 7) is 0. The monoisotopic (exact) mass is 511 g/mol. The number of nitrogens with one attached hydrogen (secondary N) is 1. The van der Waals surface area contributed by atoms with E-state index < -0.39 is 46.5 Å². The van der Waals surface area contributed by atoms with Crippen LogP contribution >= 0.6 is 0 Å². The molecule has 0 saturated carbocycles. The third kappa shape index (κ3) is 4.71. The Labute approximate surface area is 203 Å². The smallest absolute Gasteiger partial charge is 0.433 e. The fourth-order valence-corrected chi connectivity index (χ4v) is 3.31. The van der Waals surface area contributed by atoms with Gasteiger partial charge < -0.3 is 10.1 Å². The van der Waals surface area contributed by atoms with E-state index in [1.54, 1.807) is 30.3 Å². The van der Waals surface area contributed by atoms with Gasteiger partial charge in [0.1, 0.15) is 0 Å². The van der Waals surface area contributed by atoms with E-state index in [9.17, 15) is 27.2 Å². The zero-order valence-corrected chi connectivity index (χ0v) is 18.3. The molecule has 186 valence electrons. The minimum absolute atomic E-state index is 0.0285. The molecule has 14 heteroatoms. The van der Waals surface area contributed by atoms with Crippen molar-refractivity contribution in [2.24, 2.45) is 0 Å². The van der Waals surface area contributed by atoms with E-state index in [2.05, 4.69) is 25.6 Å². The number of rotatable bonds is 5. The first kappa shape index (κ1) is 23.6. The van der Waals surface area contributed by atoms with E-state index in [1.165, 1.54) is 23.0 Å². The van der Waals surface area contributed by atoms with Gasteiger partial charge in [-0.3, -0.25) is 14.0 Å². The van der Waals surface area contributed by atoms with E-state index in [0.29, 0.717) is 10.1 Å². The minimum Gasteiger partial charge on any atom is -0.433 e. The van der Waals surface area contributed by atoms with Gasteiger partial charge in [0.15, 0.2) is 17.3 Å². The summed E-state index contributed by atoms with van der Waals surface area (Å²) in [6.07, 6.45) is -1.37. The maximum atomic E-state index is 14.7. The van der Waals surface area contributed by atoms with Crippen LogP contribution in [0.4, 0.5) is 23.2 Å². The molecule has 0 bridgehead atoms. The summed E-state index contributed by atoms with van der Waals surface area (Å²) in [5.74, 6) is -3.97. The Morgan fingerprint density at radius 2 is 1.78 bits per heavy atom. The largest absolute Gasteiger partial charge is 0.452 e. The molecule has 0 aliphatic heterocycles. The summed E-state index contributed by atoms with van der Waals surface area (Å²) in [7, 11) is 0. The number of benzene rings is 2. The van der Waals surface area contributed by atoms with Gasteiger partial charge in [-0.1, -0.05) is 18.2 Å². The third-order valence-electron chi connectivity index (χ3n) is 4.99. The first-order chi connectivity index (χ1) is 17.7. The summed E-state index contributed by atoms with van der Waals surface area (Å²) in [5, 5.41) is 13.0. The van der Waals surface area contributed by atoms with Crippen molar-refractivity contribution in [2.45, 2.75) is 6.18 Å². The van der Waals surface area contributed by atoms with Crippen LogP contribution in [0.3, 0.4) is 0 Å². The molecular formula is C23H13F4N7O3. The molecule has 0 aliphatic carbocycles. The minimum atomic E-state index is -4.78. The number of hydrogen-bond acceptors (Lipinski definition) is 7. The van der Waals surface area contributed by atoms with Gasteiger partial charge in [-0.2, -0.15) is 18.3 Å². The number of anilines is 1. The first-order valence-electron chi connectivity index (χ1n) is 10.4. The highest BCUT2D eigenvalue weighted by Crippen LogP contribution is 2.31. The van der Waals surface area contributed by atoms with Crippen LogP contribution in [0.15, 0.2) is 78.0 Å². The maximum absolute atomic E-state index is 14.7. The van der Waals surface area contributed by atoms with Gasteiger partial charge in [-0.15, -0.1) is 10.2 Å². The summed E-state index contributed by atoms with van der Waals surface area (Å²) in [5.41, 5.74) is -0.857. The Morgan fingerprint density at radius 1 is 1.00 bits per heavy atom. The summed E-state index contributed by atoms with van der Waals surface area (Å²) in [4.78, 5) is 28.7. The molecule has 1 N–H and O–H groups in total. The lowest BCUT2D eigenvalue weighted by molar-refractivity contribution is -0.145. The lowest BCUT2D eigenvalue weighted by Gasteiger charge is -2.10. The van der Waals surface area contributed by atoms with E-state index >= 15 is 0 Å². The number of fused-ring (bicyclic) bond motifs is 1. The summed E-state index contributed by atoms with van der Waals surface area (Å²) < 4.78 is 61.2. The number of para-hydroxylation sites is 1. The second kappa shape index (κ2) is 9.14. The van der Waals surface area contributed by atoms with Gasteiger partial charge in [0.05, 0.1) is 5.69 Å². The van der Waals surface area contributed by atoms with Crippen LogP contribution in [0.25, 0.3) is 11.3 Å². The molecule has 0 atom stereocenters. The van der Waals surface area contributed by atoms with Crippen LogP contribution in [0, 0.1) is 5.82 Å². The molecule has 37 heavy (non-hydrogen) atoms. The Balaban J connectivity index is 1.37. The van der Waals surface area contributed by atoms with Crippen molar-refractivity contribution in [2.75, 3.05) is 5.32 Å². The van der Waals surface area contributed by atoms with Crippen LogP contribution in [0.1, 0.15) is 16.3 Å². The van der Waals surface area contributed by atoms with Gasteiger partial charge in [0, 0.05) is 36.4 Å². The molecule has 0 unspecified atom stereocenters. The summed E-state index contributed by atoms with van der Waals surface area (Å²) in [6, 6.07) is 13.2. The zero-order valence-electron chi connectivity index (χ0n) is 18.3. The van der Waals surface area contributed by atoms with Gasteiger partial charge in [0.25, 0.3) is 11.8 Å². The highest BCUT2D eigenvalue weighted by molar-refractivity contribution is 6.02. The molecule has 3 aromatic heterocycles. The van der Waals surface area contributed by atoms with Crippen LogP contribution in [0.5, 0.6) is 11.6 Å². The highest BCUT2D eigenvalue weighted by Gasteiger charge is 2.37. The third-order valence-corrected chi connectivity index (χ3v) is 4.99. The standard InChI is InChI=1S/C23H13F4N7O3/c24-15-12-13(29-20(36)18-16(35)8-10-34(32-18)14-4-2-1-3-5-14)6-7-17(15)37-21-19-30-31-22(23(25,26)27)33(19)11-9-28-21/h1-12H,(H,29,36). The van der Waals surface area contributed by atoms with Crippen molar-refractivity contribution in [3.63, 3.8) is 0 Å². The average Bonchev–Trinajstić information content (AvgIpc) is 3.32. The normalized spacial score (nSPS) is 11.5. The van der Waals surface area contributed by atoms with Gasteiger partial charge >= 0.3 is 6.18 Å². The molecule has 10 nitrogen and oxygen atoms in total. The number of ether oxygens (including phenoxy) is 1. The molecular weight excluding hydrogens is 498 g/mol.